The maximum absolute atomic E-state index is 12.4. The fraction of sp³-hybridized carbons (Fsp3) is 0.875. The first-order valence-corrected chi connectivity index (χ1v) is 10.5. The zero-order chi connectivity index (χ0) is 18.8. The molecule has 0 saturated carbocycles. The van der Waals surface area contributed by atoms with Crippen molar-refractivity contribution in [3.8, 4) is 0 Å². The molecular formula is C16H29N3O5S. The van der Waals surface area contributed by atoms with Gasteiger partial charge in [0.2, 0.25) is 5.91 Å². The Labute approximate surface area is 149 Å². The third kappa shape index (κ3) is 5.85. The molecule has 2 saturated heterocycles. The Morgan fingerprint density at radius 2 is 1.76 bits per heavy atom. The molecule has 0 aromatic rings. The third-order valence-corrected chi connectivity index (χ3v) is 6.10. The van der Waals surface area contributed by atoms with E-state index >= 15 is 0 Å². The summed E-state index contributed by atoms with van der Waals surface area (Å²) >= 11 is 0. The Bertz CT molecular complexity index is 608. The number of sulfone groups is 1. The molecule has 3 unspecified atom stereocenters. The molecule has 144 valence electrons. The predicted molar refractivity (Wildman–Crippen MR) is 94.0 cm³/mol. The number of likely N-dealkylation sites (tertiary alicyclic amines) is 1. The maximum atomic E-state index is 12.4. The van der Waals surface area contributed by atoms with Gasteiger partial charge >= 0.3 is 6.09 Å². The third-order valence-electron chi connectivity index (χ3n) is 4.39. The number of carbonyl (C=O) groups is 2. The van der Waals surface area contributed by atoms with Crippen LogP contribution in [0.1, 0.15) is 40.5 Å². The summed E-state index contributed by atoms with van der Waals surface area (Å²) in [5.41, 5.74) is -0.652. The molecule has 2 aliphatic rings. The molecule has 0 aromatic carbocycles. The molecule has 8 nitrogen and oxygen atoms in total. The van der Waals surface area contributed by atoms with Crippen LogP contribution in [0.15, 0.2) is 0 Å². The van der Waals surface area contributed by atoms with Gasteiger partial charge in [-0.15, -0.1) is 0 Å². The van der Waals surface area contributed by atoms with Gasteiger partial charge in [0.05, 0.1) is 17.5 Å². The second kappa shape index (κ2) is 7.49. The van der Waals surface area contributed by atoms with E-state index in [0.29, 0.717) is 0 Å². The lowest BCUT2D eigenvalue weighted by atomic mass is 10.1. The average molecular weight is 375 g/mol. The van der Waals surface area contributed by atoms with E-state index in [1.54, 1.807) is 27.7 Å². The molecule has 2 heterocycles. The molecule has 0 bridgehead atoms. The summed E-state index contributed by atoms with van der Waals surface area (Å²) in [5.74, 6) is -0.387. The standard InChI is InChI=1S/C16H29N3O5S/c1-11(17-15(21)24-16(2,3)4)14(20)18-12-9-25(22,23)10-13(12)19-7-5-6-8-19/h11-13H,5-10H2,1-4H3,(H,17,21)(H,18,20). The molecule has 9 heteroatoms. The number of nitrogens with one attached hydrogen (secondary N) is 2. The van der Waals surface area contributed by atoms with Gasteiger partial charge in [0.25, 0.3) is 0 Å². The van der Waals surface area contributed by atoms with Crippen molar-refractivity contribution < 1.29 is 22.7 Å². The van der Waals surface area contributed by atoms with Crippen molar-refractivity contribution in [2.75, 3.05) is 24.6 Å². The molecule has 0 aliphatic carbocycles. The first kappa shape index (κ1) is 20.0. The lowest BCUT2D eigenvalue weighted by molar-refractivity contribution is -0.123. The molecule has 2 fully saturated rings. The van der Waals surface area contributed by atoms with Crippen LogP contribution < -0.4 is 10.6 Å². The van der Waals surface area contributed by atoms with Gasteiger partial charge in [-0.1, -0.05) is 0 Å². The molecular weight excluding hydrogens is 346 g/mol. The first-order chi connectivity index (χ1) is 11.5. The van der Waals surface area contributed by atoms with E-state index in [0.717, 1.165) is 25.9 Å². The fourth-order valence-corrected chi connectivity index (χ4v) is 5.21. The Morgan fingerprint density at radius 1 is 1.16 bits per heavy atom. The van der Waals surface area contributed by atoms with E-state index < -0.39 is 39.5 Å². The van der Waals surface area contributed by atoms with E-state index in [-0.39, 0.29) is 17.5 Å². The molecule has 25 heavy (non-hydrogen) atoms. The lowest BCUT2D eigenvalue weighted by Gasteiger charge is -2.29. The lowest BCUT2D eigenvalue weighted by Crippen LogP contribution is -2.55. The van der Waals surface area contributed by atoms with Crippen molar-refractivity contribution in [2.24, 2.45) is 0 Å². The van der Waals surface area contributed by atoms with Crippen molar-refractivity contribution in [3.63, 3.8) is 0 Å². The Balaban J connectivity index is 1.94. The summed E-state index contributed by atoms with van der Waals surface area (Å²) in [4.78, 5) is 26.3. The molecule has 2 aliphatic heterocycles. The fourth-order valence-electron chi connectivity index (χ4n) is 3.26. The number of hydrogen-bond acceptors (Lipinski definition) is 6. The van der Waals surface area contributed by atoms with Gasteiger partial charge in [0.1, 0.15) is 11.6 Å². The van der Waals surface area contributed by atoms with Crippen LogP contribution >= 0.6 is 0 Å². The second-order valence-corrected chi connectivity index (χ2v) is 10.0. The number of amides is 2. The van der Waals surface area contributed by atoms with Gasteiger partial charge in [0, 0.05) is 6.04 Å². The topological polar surface area (TPSA) is 105 Å². The van der Waals surface area contributed by atoms with Crippen molar-refractivity contribution >= 4 is 21.8 Å². The van der Waals surface area contributed by atoms with Crippen LogP contribution in [-0.4, -0.2) is 73.6 Å². The smallest absolute Gasteiger partial charge is 0.408 e. The van der Waals surface area contributed by atoms with E-state index in [2.05, 4.69) is 15.5 Å². The van der Waals surface area contributed by atoms with Gasteiger partial charge in [-0.05, 0) is 53.6 Å². The molecule has 2 rings (SSSR count). The normalized spacial score (nSPS) is 27.7. The van der Waals surface area contributed by atoms with Gasteiger partial charge in [-0.3, -0.25) is 9.69 Å². The summed E-state index contributed by atoms with van der Waals surface area (Å²) < 4.78 is 29.2. The van der Waals surface area contributed by atoms with Crippen LogP contribution in [0.4, 0.5) is 4.79 Å². The van der Waals surface area contributed by atoms with Crippen LogP contribution in [-0.2, 0) is 19.4 Å². The van der Waals surface area contributed by atoms with Gasteiger partial charge in [-0.2, -0.15) is 0 Å². The Kier molecular flexibility index (Phi) is 5.98. The Hall–Kier alpha value is -1.35. The van der Waals surface area contributed by atoms with Crippen molar-refractivity contribution in [2.45, 2.75) is 64.3 Å². The highest BCUT2D eigenvalue weighted by Gasteiger charge is 2.42. The number of ether oxygens (including phenoxy) is 1. The molecule has 2 N–H and O–H groups in total. The Morgan fingerprint density at radius 3 is 2.32 bits per heavy atom. The van der Waals surface area contributed by atoms with E-state index in [1.165, 1.54) is 0 Å². The molecule has 0 aromatic heterocycles. The van der Waals surface area contributed by atoms with Crippen LogP contribution in [0.25, 0.3) is 0 Å². The van der Waals surface area contributed by atoms with Crippen molar-refractivity contribution in [1.29, 1.82) is 0 Å². The zero-order valence-corrected chi connectivity index (χ0v) is 16.2. The monoisotopic (exact) mass is 375 g/mol. The minimum absolute atomic E-state index is 0.0565. The quantitative estimate of drug-likeness (QED) is 0.731. The van der Waals surface area contributed by atoms with E-state index in [9.17, 15) is 18.0 Å². The first-order valence-electron chi connectivity index (χ1n) is 8.71. The van der Waals surface area contributed by atoms with Gasteiger partial charge in [0.15, 0.2) is 9.84 Å². The van der Waals surface area contributed by atoms with Crippen molar-refractivity contribution in [3.05, 3.63) is 0 Å². The summed E-state index contributed by atoms with van der Waals surface area (Å²) in [6.07, 6.45) is 1.42. The van der Waals surface area contributed by atoms with Crippen LogP contribution in [0.5, 0.6) is 0 Å². The van der Waals surface area contributed by atoms with E-state index in [4.69, 9.17) is 4.74 Å². The second-order valence-electron chi connectivity index (χ2n) is 7.87. The maximum Gasteiger partial charge on any atom is 0.408 e. The number of alkyl carbamates (subject to hydrolysis) is 1. The summed E-state index contributed by atoms with van der Waals surface area (Å²) in [6.45, 7) is 8.48. The number of nitrogens with zero attached hydrogens (tertiary/aromatic N) is 1. The number of hydrogen-bond donors (Lipinski definition) is 2. The van der Waals surface area contributed by atoms with Crippen LogP contribution in [0.3, 0.4) is 0 Å². The number of carbonyl (C=O) groups excluding carboxylic acids is 2. The van der Waals surface area contributed by atoms with E-state index in [1.807, 2.05) is 0 Å². The highest BCUT2D eigenvalue weighted by molar-refractivity contribution is 7.91. The predicted octanol–water partition coefficient (Wildman–Crippen LogP) is 0.277. The van der Waals surface area contributed by atoms with Gasteiger partial charge < -0.3 is 15.4 Å². The summed E-state index contributed by atoms with van der Waals surface area (Å²) in [6, 6.07) is -1.44. The van der Waals surface area contributed by atoms with Crippen LogP contribution in [0, 0.1) is 0 Å². The summed E-state index contributed by atoms with van der Waals surface area (Å²) in [7, 11) is -3.17. The van der Waals surface area contributed by atoms with Crippen molar-refractivity contribution in [1.82, 2.24) is 15.5 Å². The molecule has 2 amide bonds. The van der Waals surface area contributed by atoms with Gasteiger partial charge in [-0.25, -0.2) is 13.2 Å². The number of rotatable bonds is 4. The molecule has 3 atom stereocenters. The average Bonchev–Trinajstić information content (AvgIpc) is 3.03. The SMILES string of the molecule is CC(NC(=O)OC(C)(C)C)C(=O)NC1CS(=O)(=O)CC1N1CCCC1. The zero-order valence-electron chi connectivity index (χ0n) is 15.4. The molecule has 0 radical (unpaired) electrons. The highest BCUT2D eigenvalue weighted by Crippen LogP contribution is 2.22. The highest BCUT2D eigenvalue weighted by atomic mass is 32.2. The summed E-state index contributed by atoms with van der Waals surface area (Å²) in [5, 5.41) is 5.28. The molecule has 0 spiro atoms. The largest absolute Gasteiger partial charge is 0.444 e. The van der Waals surface area contributed by atoms with Crippen LogP contribution in [0.2, 0.25) is 0 Å². The minimum Gasteiger partial charge on any atom is -0.444 e. The minimum atomic E-state index is -3.17.